The maximum absolute atomic E-state index is 5.36. The van der Waals surface area contributed by atoms with E-state index < -0.39 is 5.41 Å². The maximum Gasteiger partial charge on any atom is 0.235 e. The molecule has 0 amide bonds. The van der Waals surface area contributed by atoms with Crippen LogP contribution in [0.4, 0.5) is 0 Å². The zero-order valence-electron chi connectivity index (χ0n) is 23.9. The van der Waals surface area contributed by atoms with Gasteiger partial charge in [0, 0.05) is 27.5 Å². The first kappa shape index (κ1) is 24.8. The Morgan fingerprint density at radius 1 is 0.477 bits per heavy atom. The Kier molecular flexibility index (Phi) is 5.41. The number of fused-ring (bicyclic) bond motifs is 6. The Bertz CT molecular complexity index is 2280. The number of hydrogen-bond acceptors (Lipinski definition) is 2. The van der Waals surface area contributed by atoms with Crippen molar-refractivity contribution in [3.63, 3.8) is 0 Å². The lowest BCUT2D eigenvalue weighted by Crippen LogP contribution is -2.28. The largest absolute Gasteiger partial charge is 0.278 e. The second-order valence-electron chi connectivity index (χ2n) is 11.4. The minimum atomic E-state index is -0.515. The van der Waals surface area contributed by atoms with E-state index in [1.54, 1.807) is 0 Å². The summed E-state index contributed by atoms with van der Waals surface area (Å²) in [6, 6.07) is 58.2. The summed E-state index contributed by atoms with van der Waals surface area (Å²) in [5.74, 6) is 0.673. The first-order valence-electron chi connectivity index (χ1n) is 15.0. The van der Waals surface area contributed by atoms with Crippen LogP contribution in [0.3, 0.4) is 0 Å². The second kappa shape index (κ2) is 9.62. The molecule has 0 N–H and O–H groups in total. The summed E-state index contributed by atoms with van der Waals surface area (Å²) in [6.07, 6.45) is 0. The van der Waals surface area contributed by atoms with Gasteiger partial charge < -0.3 is 0 Å². The summed E-state index contributed by atoms with van der Waals surface area (Å²) in [4.78, 5) is 10.6. The third-order valence-electron chi connectivity index (χ3n) is 9.09. The van der Waals surface area contributed by atoms with E-state index in [1.165, 1.54) is 33.2 Å². The van der Waals surface area contributed by atoms with Gasteiger partial charge in [-0.2, -0.15) is 0 Å². The van der Waals surface area contributed by atoms with Crippen molar-refractivity contribution in [2.24, 2.45) is 0 Å². The van der Waals surface area contributed by atoms with Crippen molar-refractivity contribution in [3.05, 3.63) is 186 Å². The molecular weight excluding hydrogens is 534 g/mol. The molecule has 3 heteroatoms. The molecule has 0 saturated carbocycles. The topological polar surface area (TPSA) is 30.7 Å². The number of benzene rings is 6. The van der Waals surface area contributed by atoms with E-state index in [9.17, 15) is 0 Å². The van der Waals surface area contributed by atoms with E-state index in [1.807, 2.05) is 6.07 Å². The maximum atomic E-state index is 5.36. The molecule has 6 aromatic carbocycles. The Morgan fingerprint density at radius 2 is 1.05 bits per heavy atom. The van der Waals surface area contributed by atoms with Crippen molar-refractivity contribution in [2.45, 2.75) is 5.41 Å². The van der Waals surface area contributed by atoms with E-state index in [2.05, 4.69) is 162 Å². The summed E-state index contributed by atoms with van der Waals surface area (Å²) >= 11 is 0. The van der Waals surface area contributed by atoms with Crippen LogP contribution in [0.1, 0.15) is 22.3 Å². The number of hydrogen-bond donors (Lipinski definition) is 0. The molecule has 9 rings (SSSR count). The van der Waals surface area contributed by atoms with Gasteiger partial charge in [-0.25, -0.2) is 9.97 Å². The minimum Gasteiger partial charge on any atom is -0.278 e. The smallest absolute Gasteiger partial charge is 0.235 e. The zero-order chi connectivity index (χ0) is 29.1. The molecule has 44 heavy (non-hydrogen) atoms. The number of aromatic nitrogens is 3. The fourth-order valence-electron chi connectivity index (χ4n) is 7.36. The fraction of sp³-hybridized carbons (Fsp3) is 0.0244. The second-order valence-corrected chi connectivity index (χ2v) is 11.4. The van der Waals surface area contributed by atoms with Crippen molar-refractivity contribution < 1.29 is 0 Å². The number of para-hydroxylation sites is 2. The van der Waals surface area contributed by atoms with E-state index in [0.29, 0.717) is 5.95 Å². The fourth-order valence-corrected chi connectivity index (χ4v) is 7.36. The first-order chi connectivity index (χ1) is 21.9. The predicted octanol–water partition coefficient (Wildman–Crippen LogP) is 9.60. The highest BCUT2D eigenvalue weighted by Crippen LogP contribution is 2.59. The highest BCUT2D eigenvalue weighted by atomic mass is 15.2. The van der Waals surface area contributed by atoms with Crippen LogP contribution in [-0.2, 0) is 5.41 Å². The molecule has 0 aliphatic heterocycles. The van der Waals surface area contributed by atoms with Gasteiger partial charge in [-0.05, 0) is 28.8 Å². The predicted molar refractivity (Wildman–Crippen MR) is 179 cm³/mol. The molecule has 0 saturated heterocycles. The minimum absolute atomic E-state index is 0.515. The number of nitrogens with zero attached hydrogens (tertiary/aromatic N) is 3. The van der Waals surface area contributed by atoms with Gasteiger partial charge in [-0.1, -0.05) is 152 Å². The Morgan fingerprint density at radius 3 is 1.77 bits per heavy atom. The molecule has 8 aromatic rings. The average molecular weight is 562 g/mol. The summed E-state index contributed by atoms with van der Waals surface area (Å²) in [7, 11) is 0. The Labute approximate surface area is 255 Å². The van der Waals surface area contributed by atoms with Gasteiger partial charge in [0.1, 0.15) is 0 Å². The molecule has 0 fully saturated rings. The van der Waals surface area contributed by atoms with Gasteiger partial charge in [0.05, 0.1) is 27.8 Å². The first-order valence-corrected chi connectivity index (χ1v) is 15.0. The molecule has 0 atom stereocenters. The van der Waals surface area contributed by atoms with Gasteiger partial charge in [0.25, 0.3) is 0 Å². The van der Waals surface area contributed by atoms with Crippen molar-refractivity contribution >= 4 is 21.8 Å². The quantitative estimate of drug-likeness (QED) is 0.214. The van der Waals surface area contributed by atoms with Crippen molar-refractivity contribution in [3.8, 4) is 28.5 Å². The van der Waals surface area contributed by atoms with Crippen LogP contribution in [0.5, 0.6) is 0 Å². The van der Waals surface area contributed by atoms with Crippen molar-refractivity contribution in [1.29, 1.82) is 0 Å². The highest BCUT2D eigenvalue weighted by Gasteiger charge is 2.49. The lowest BCUT2D eigenvalue weighted by molar-refractivity contribution is 0.775. The average Bonchev–Trinajstić information content (AvgIpc) is 3.60. The molecular formula is C41H27N3. The van der Waals surface area contributed by atoms with Gasteiger partial charge in [0.2, 0.25) is 5.95 Å². The van der Waals surface area contributed by atoms with E-state index in [-0.39, 0.29) is 0 Å². The van der Waals surface area contributed by atoms with Crippen LogP contribution >= 0.6 is 0 Å². The van der Waals surface area contributed by atoms with Gasteiger partial charge in [0.15, 0.2) is 0 Å². The molecule has 0 unspecified atom stereocenters. The van der Waals surface area contributed by atoms with Gasteiger partial charge >= 0.3 is 0 Å². The summed E-state index contributed by atoms with van der Waals surface area (Å²) in [6.45, 7) is 0. The summed E-state index contributed by atoms with van der Waals surface area (Å²) < 4.78 is 2.30. The van der Waals surface area contributed by atoms with Crippen LogP contribution in [0.25, 0.3) is 50.3 Å². The monoisotopic (exact) mass is 561 g/mol. The standard InChI is InChI=1S/C41H27N3/c1-4-16-28(17-5-1)38-32-23-11-14-26-35(32)42-40(43-38)44-36-27-15-12-24-33(36)37-39(44)31-22-10-13-25-34(31)41(37,29-18-6-2-7-19-29)30-20-8-3-9-21-30/h1-27H. The van der Waals surface area contributed by atoms with Crippen LogP contribution < -0.4 is 0 Å². The molecule has 0 radical (unpaired) electrons. The lowest BCUT2D eigenvalue weighted by Gasteiger charge is -2.33. The molecule has 1 aliphatic rings. The van der Waals surface area contributed by atoms with Gasteiger partial charge in [-0.3, -0.25) is 4.57 Å². The molecule has 0 bridgehead atoms. The van der Waals surface area contributed by atoms with Gasteiger partial charge in [-0.15, -0.1) is 0 Å². The molecule has 2 aromatic heterocycles. The van der Waals surface area contributed by atoms with E-state index >= 15 is 0 Å². The van der Waals surface area contributed by atoms with Crippen LogP contribution in [0.2, 0.25) is 0 Å². The van der Waals surface area contributed by atoms with E-state index in [4.69, 9.17) is 9.97 Å². The highest BCUT2D eigenvalue weighted by molar-refractivity contribution is 6.02. The molecule has 0 spiro atoms. The number of rotatable bonds is 4. The molecule has 206 valence electrons. The Balaban J connectivity index is 1.47. The molecule has 3 nitrogen and oxygen atoms in total. The third-order valence-corrected chi connectivity index (χ3v) is 9.09. The van der Waals surface area contributed by atoms with Crippen LogP contribution in [0, 0.1) is 0 Å². The third kappa shape index (κ3) is 3.38. The summed E-state index contributed by atoms with van der Waals surface area (Å²) in [5, 5.41) is 2.24. The summed E-state index contributed by atoms with van der Waals surface area (Å²) in [5.41, 5.74) is 10.9. The molecule has 2 heterocycles. The molecule has 1 aliphatic carbocycles. The SMILES string of the molecule is c1ccc(-c2nc(-n3c4c(c5ccccc53)C(c3ccccc3)(c3ccccc3)c3ccccc3-4)nc3ccccc23)cc1. The Hall–Kier alpha value is -5.80. The normalized spacial score (nSPS) is 13.2. The van der Waals surface area contributed by atoms with Crippen LogP contribution in [-0.4, -0.2) is 14.5 Å². The van der Waals surface area contributed by atoms with Crippen LogP contribution in [0.15, 0.2) is 164 Å². The van der Waals surface area contributed by atoms with E-state index in [0.717, 1.165) is 33.4 Å². The van der Waals surface area contributed by atoms with Crippen molar-refractivity contribution in [2.75, 3.05) is 0 Å². The van der Waals surface area contributed by atoms with Crippen molar-refractivity contribution in [1.82, 2.24) is 14.5 Å². The lowest BCUT2D eigenvalue weighted by atomic mass is 9.67. The zero-order valence-corrected chi connectivity index (χ0v) is 23.9.